The minimum absolute atomic E-state index is 0.0265. The molecule has 0 fully saturated rings. The molecule has 4 aromatic rings. The molecule has 0 atom stereocenters. The Morgan fingerprint density at radius 1 is 0.829 bits per heavy atom. The van der Waals surface area contributed by atoms with Crippen molar-refractivity contribution in [2.45, 2.75) is 13.8 Å². The molecule has 172 valence electrons. The van der Waals surface area contributed by atoms with Gasteiger partial charge in [-0.05, 0) is 84.6 Å². The summed E-state index contributed by atoms with van der Waals surface area (Å²) in [6.45, 7) is 3.94. The molecule has 0 N–H and O–H groups in total. The lowest BCUT2D eigenvalue weighted by molar-refractivity contribution is -0.385. The minimum atomic E-state index is -0.472. The molecule has 8 nitrogen and oxygen atoms in total. The van der Waals surface area contributed by atoms with Crippen LogP contribution in [0.1, 0.15) is 22.5 Å². The van der Waals surface area contributed by atoms with Crippen LogP contribution in [-0.4, -0.2) is 14.4 Å². The molecular formula is C27H20N4O4. The molecule has 3 aromatic carbocycles. The first-order valence-electron chi connectivity index (χ1n) is 10.7. The smallest absolute Gasteiger partial charge is 0.269 e. The second kappa shape index (κ2) is 9.45. The van der Waals surface area contributed by atoms with Gasteiger partial charge in [-0.1, -0.05) is 12.1 Å². The maximum atomic E-state index is 10.9. The van der Waals surface area contributed by atoms with E-state index < -0.39 is 9.85 Å². The molecule has 0 aliphatic heterocycles. The fourth-order valence-electron chi connectivity index (χ4n) is 4.01. The number of aromatic nitrogens is 1. The number of allylic oxidation sites excluding steroid dienone is 1. The number of nitriles is 1. The molecule has 0 bridgehead atoms. The summed E-state index contributed by atoms with van der Waals surface area (Å²) in [4.78, 5) is 20.9. The van der Waals surface area contributed by atoms with E-state index in [1.807, 2.05) is 44.2 Å². The van der Waals surface area contributed by atoms with Crippen LogP contribution < -0.4 is 0 Å². The summed E-state index contributed by atoms with van der Waals surface area (Å²) in [5, 5.41) is 31.5. The van der Waals surface area contributed by atoms with Crippen LogP contribution in [0.15, 0.2) is 78.9 Å². The first kappa shape index (κ1) is 23.1. The van der Waals surface area contributed by atoms with Gasteiger partial charge in [-0.3, -0.25) is 20.2 Å². The van der Waals surface area contributed by atoms with Crippen LogP contribution in [0, 0.1) is 45.4 Å². The number of nitrogens with zero attached hydrogens (tertiary/aromatic N) is 4. The quantitative estimate of drug-likeness (QED) is 0.180. The standard InChI is InChI=1S/C27H20N4O4/c1-18-15-23(16-24(17-28)22-7-13-27(14-8-22)31(34)35)19(2)29(18)25-9-3-20(4-10-25)21-5-11-26(12-6-21)30(32)33/h3-16H,1-2H3/b24-16-. The molecule has 1 aromatic heterocycles. The topological polar surface area (TPSA) is 115 Å². The van der Waals surface area contributed by atoms with Gasteiger partial charge in [-0.25, -0.2) is 0 Å². The zero-order valence-electron chi connectivity index (χ0n) is 19.0. The highest BCUT2D eigenvalue weighted by molar-refractivity contribution is 5.90. The fraction of sp³-hybridized carbons (Fsp3) is 0.0741. The van der Waals surface area contributed by atoms with E-state index in [4.69, 9.17) is 0 Å². The van der Waals surface area contributed by atoms with E-state index >= 15 is 0 Å². The van der Waals surface area contributed by atoms with E-state index in [0.29, 0.717) is 11.1 Å². The zero-order chi connectivity index (χ0) is 25.1. The van der Waals surface area contributed by atoms with Crippen LogP contribution in [0.25, 0.3) is 28.5 Å². The van der Waals surface area contributed by atoms with Gasteiger partial charge in [0.25, 0.3) is 11.4 Å². The Morgan fingerprint density at radius 3 is 1.80 bits per heavy atom. The van der Waals surface area contributed by atoms with Gasteiger partial charge in [0.15, 0.2) is 0 Å². The Bertz CT molecular complexity index is 1490. The molecule has 0 aliphatic carbocycles. The maximum absolute atomic E-state index is 10.9. The summed E-state index contributed by atoms with van der Waals surface area (Å²) in [6, 6.07) is 24.4. The van der Waals surface area contributed by atoms with Gasteiger partial charge < -0.3 is 4.57 Å². The Hall–Kier alpha value is -5.03. The van der Waals surface area contributed by atoms with Crippen molar-refractivity contribution < 1.29 is 9.85 Å². The van der Waals surface area contributed by atoms with Gasteiger partial charge in [0.05, 0.1) is 21.5 Å². The van der Waals surface area contributed by atoms with Crippen LogP contribution in [0.2, 0.25) is 0 Å². The number of hydrogen-bond donors (Lipinski definition) is 0. The lowest BCUT2D eigenvalue weighted by atomic mass is 10.0. The van der Waals surface area contributed by atoms with Gasteiger partial charge in [0.1, 0.15) is 0 Å². The lowest BCUT2D eigenvalue weighted by Crippen LogP contribution is -1.99. The Balaban J connectivity index is 1.64. The molecule has 0 radical (unpaired) electrons. The van der Waals surface area contributed by atoms with E-state index in [9.17, 15) is 25.5 Å². The zero-order valence-corrected chi connectivity index (χ0v) is 19.0. The summed E-state index contributed by atoms with van der Waals surface area (Å²) in [5.74, 6) is 0. The van der Waals surface area contributed by atoms with E-state index in [1.165, 1.54) is 24.3 Å². The highest BCUT2D eigenvalue weighted by Crippen LogP contribution is 2.28. The summed E-state index contributed by atoms with van der Waals surface area (Å²) in [7, 11) is 0. The first-order valence-corrected chi connectivity index (χ1v) is 10.7. The molecule has 1 heterocycles. The van der Waals surface area contributed by atoms with E-state index in [-0.39, 0.29) is 11.4 Å². The third kappa shape index (κ3) is 4.70. The first-order chi connectivity index (χ1) is 16.8. The van der Waals surface area contributed by atoms with Crippen molar-refractivity contribution >= 4 is 23.0 Å². The summed E-state index contributed by atoms with van der Waals surface area (Å²) in [6.07, 6.45) is 1.78. The van der Waals surface area contributed by atoms with Crippen LogP contribution in [-0.2, 0) is 0 Å². The van der Waals surface area contributed by atoms with Crippen molar-refractivity contribution in [2.24, 2.45) is 0 Å². The number of aryl methyl sites for hydroxylation is 1. The molecular weight excluding hydrogens is 444 g/mol. The van der Waals surface area contributed by atoms with Crippen LogP contribution in [0.4, 0.5) is 11.4 Å². The highest BCUT2D eigenvalue weighted by atomic mass is 16.6. The average molecular weight is 464 g/mol. The highest BCUT2D eigenvalue weighted by Gasteiger charge is 2.13. The third-order valence-electron chi connectivity index (χ3n) is 5.82. The Labute approximate surface area is 201 Å². The number of benzene rings is 3. The molecule has 8 heteroatoms. The van der Waals surface area contributed by atoms with Gasteiger partial charge in [0, 0.05) is 41.3 Å². The van der Waals surface area contributed by atoms with Crippen LogP contribution >= 0.6 is 0 Å². The Kier molecular flexibility index (Phi) is 6.25. The van der Waals surface area contributed by atoms with Gasteiger partial charge in [-0.15, -0.1) is 0 Å². The predicted molar refractivity (Wildman–Crippen MR) is 134 cm³/mol. The molecule has 0 aliphatic rings. The molecule has 0 saturated carbocycles. The second-order valence-electron chi connectivity index (χ2n) is 7.99. The molecule has 0 unspecified atom stereocenters. The number of nitro groups is 2. The lowest BCUT2D eigenvalue weighted by Gasteiger charge is -2.11. The monoisotopic (exact) mass is 464 g/mol. The van der Waals surface area contributed by atoms with Gasteiger partial charge in [-0.2, -0.15) is 5.26 Å². The van der Waals surface area contributed by atoms with Crippen molar-refractivity contribution in [1.82, 2.24) is 4.57 Å². The predicted octanol–water partition coefficient (Wildman–Crippen LogP) is 6.64. The number of nitro benzene ring substituents is 2. The van der Waals surface area contributed by atoms with Crippen LogP contribution in [0.5, 0.6) is 0 Å². The molecule has 4 rings (SSSR count). The molecule has 0 saturated heterocycles. The van der Waals surface area contributed by atoms with Crippen molar-refractivity contribution in [3.8, 4) is 22.9 Å². The molecule has 0 amide bonds. The van der Waals surface area contributed by atoms with E-state index in [2.05, 4.69) is 10.6 Å². The van der Waals surface area contributed by atoms with Crippen molar-refractivity contribution in [3.63, 3.8) is 0 Å². The largest absolute Gasteiger partial charge is 0.318 e. The SMILES string of the molecule is Cc1cc(/C=C(/C#N)c2ccc([N+](=O)[O-])cc2)c(C)n1-c1ccc(-c2ccc([N+](=O)[O-])cc2)cc1. The van der Waals surface area contributed by atoms with Gasteiger partial charge >= 0.3 is 0 Å². The Morgan fingerprint density at radius 2 is 1.31 bits per heavy atom. The fourth-order valence-corrected chi connectivity index (χ4v) is 4.01. The summed E-state index contributed by atoms with van der Waals surface area (Å²) in [5.41, 5.74) is 6.61. The van der Waals surface area contributed by atoms with Crippen molar-refractivity contribution in [2.75, 3.05) is 0 Å². The normalized spacial score (nSPS) is 11.2. The average Bonchev–Trinajstić information content (AvgIpc) is 3.15. The summed E-state index contributed by atoms with van der Waals surface area (Å²) >= 11 is 0. The number of rotatable bonds is 6. The molecule has 35 heavy (non-hydrogen) atoms. The summed E-state index contributed by atoms with van der Waals surface area (Å²) < 4.78 is 2.08. The van der Waals surface area contributed by atoms with Crippen molar-refractivity contribution in [3.05, 3.63) is 122 Å². The van der Waals surface area contributed by atoms with E-state index in [0.717, 1.165) is 33.8 Å². The molecule has 0 spiro atoms. The third-order valence-corrected chi connectivity index (χ3v) is 5.82. The van der Waals surface area contributed by atoms with Crippen LogP contribution in [0.3, 0.4) is 0 Å². The number of hydrogen-bond acceptors (Lipinski definition) is 5. The van der Waals surface area contributed by atoms with Crippen molar-refractivity contribution in [1.29, 1.82) is 5.26 Å². The number of non-ortho nitro benzene ring substituents is 2. The maximum Gasteiger partial charge on any atom is 0.269 e. The van der Waals surface area contributed by atoms with Gasteiger partial charge in [0.2, 0.25) is 0 Å². The van der Waals surface area contributed by atoms with E-state index in [1.54, 1.807) is 30.3 Å². The second-order valence-corrected chi connectivity index (χ2v) is 7.99. The minimum Gasteiger partial charge on any atom is -0.318 e.